The first-order chi connectivity index (χ1) is 17.0. The number of nitrogens with one attached hydrogen (secondary N) is 4. The highest BCUT2D eigenvalue weighted by Crippen LogP contribution is 2.11. The molecule has 0 aliphatic carbocycles. The Kier molecular flexibility index (Phi) is 8.96. The molecule has 0 bridgehead atoms. The fraction of sp³-hybridized carbons (Fsp3) is 0.478. The Labute approximate surface area is 214 Å². The minimum atomic E-state index is 0.0447. The number of nitrogens with zero attached hydrogens (tertiary/aromatic N) is 5. The van der Waals surface area contributed by atoms with E-state index in [1.165, 1.54) is 9.75 Å². The van der Waals surface area contributed by atoms with Crippen molar-refractivity contribution in [2.45, 2.75) is 38.8 Å². The average Bonchev–Trinajstić information content (AvgIpc) is 3.48. The number of hydrogen-bond acceptors (Lipinski definition) is 12. The van der Waals surface area contributed by atoms with Gasteiger partial charge in [0.15, 0.2) is 17.9 Å². The summed E-state index contributed by atoms with van der Waals surface area (Å²) in [5.41, 5.74) is 6.04. The highest BCUT2D eigenvalue weighted by atomic mass is 32.1. The van der Waals surface area contributed by atoms with E-state index in [0.717, 1.165) is 31.9 Å². The lowest BCUT2D eigenvalue weighted by Gasteiger charge is -2.27. The fourth-order valence-corrected chi connectivity index (χ4v) is 4.98. The second kappa shape index (κ2) is 12.5. The first-order valence-corrected chi connectivity index (χ1v) is 13.6. The van der Waals surface area contributed by atoms with Gasteiger partial charge in [-0.3, -0.25) is 20.6 Å². The van der Waals surface area contributed by atoms with Gasteiger partial charge in [-0.25, -0.2) is 9.98 Å². The van der Waals surface area contributed by atoms with Crippen LogP contribution in [0.5, 0.6) is 0 Å². The molecule has 0 saturated heterocycles. The number of nitrogens with two attached hydrogens (primary N) is 1. The van der Waals surface area contributed by atoms with Crippen LogP contribution in [0.1, 0.15) is 23.6 Å². The van der Waals surface area contributed by atoms with E-state index in [0.29, 0.717) is 37.6 Å². The Hall–Kier alpha value is -3.12. The monoisotopic (exact) mass is 514 g/mol. The van der Waals surface area contributed by atoms with Gasteiger partial charge in [-0.05, 0) is 49.6 Å². The van der Waals surface area contributed by atoms with Crippen molar-refractivity contribution in [3.8, 4) is 0 Å². The Bertz CT molecular complexity index is 1040. The molecular weight excluding hydrogens is 480 g/mol. The van der Waals surface area contributed by atoms with E-state index in [1.807, 2.05) is 6.92 Å². The predicted octanol–water partition coefficient (Wildman–Crippen LogP) is 1.40. The maximum absolute atomic E-state index is 6.04. The van der Waals surface area contributed by atoms with Crippen LogP contribution in [-0.4, -0.2) is 73.7 Å². The molecule has 35 heavy (non-hydrogen) atoms. The van der Waals surface area contributed by atoms with Gasteiger partial charge in [0.25, 0.3) is 0 Å². The number of rotatable bonds is 8. The molecule has 2 aliphatic heterocycles. The summed E-state index contributed by atoms with van der Waals surface area (Å²) in [4.78, 5) is 23.4. The molecule has 2 aliphatic rings. The maximum Gasteiger partial charge on any atom is 0.202 e. The van der Waals surface area contributed by atoms with E-state index >= 15 is 0 Å². The molecule has 2 aromatic rings. The Balaban J connectivity index is 1.38. The van der Waals surface area contributed by atoms with Crippen molar-refractivity contribution in [1.82, 2.24) is 26.2 Å². The third-order valence-corrected chi connectivity index (χ3v) is 7.27. The molecule has 12 heteroatoms. The van der Waals surface area contributed by atoms with Crippen LogP contribution in [0.2, 0.25) is 0 Å². The van der Waals surface area contributed by atoms with Crippen molar-refractivity contribution in [3.63, 3.8) is 0 Å². The van der Waals surface area contributed by atoms with Crippen LogP contribution in [0.25, 0.3) is 0 Å². The Morgan fingerprint density at radius 3 is 2.40 bits per heavy atom. The normalized spacial score (nSPS) is 20.2. The van der Waals surface area contributed by atoms with Crippen molar-refractivity contribution < 1.29 is 0 Å². The molecule has 2 atom stereocenters. The van der Waals surface area contributed by atoms with E-state index in [4.69, 9.17) is 20.7 Å². The molecule has 2 unspecified atom stereocenters. The zero-order valence-corrected chi connectivity index (χ0v) is 21.8. The van der Waals surface area contributed by atoms with E-state index in [9.17, 15) is 0 Å². The lowest BCUT2D eigenvalue weighted by Crippen LogP contribution is -2.54. The Morgan fingerprint density at radius 1 is 0.943 bits per heavy atom. The van der Waals surface area contributed by atoms with Crippen molar-refractivity contribution in [1.29, 1.82) is 0 Å². The van der Waals surface area contributed by atoms with E-state index < -0.39 is 0 Å². The lowest BCUT2D eigenvalue weighted by atomic mass is 10.3. The van der Waals surface area contributed by atoms with Crippen molar-refractivity contribution >= 4 is 46.5 Å². The molecular formula is C23H34N10S2. The van der Waals surface area contributed by atoms with Gasteiger partial charge < -0.3 is 21.3 Å². The van der Waals surface area contributed by atoms with Gasteiger partial charge in [-0.1, -0.05) is 12.1 Å². The van der Waals surface area contributed by atoms with E-state index in [2.05, 4.69) is 73.1 Å². The van der Waals surface area contributed by atoms with Crippen LogP contribution < -0.4 is 27.0 Å². The summed E-state index contributed by atoms with van der Waals surface area (Å²) < 4.78 is 0. The first kappa shape index (κ1) is 25.0. The van der Waals surface area contributed by atoms with E-state index in [-0.39, 0.29) is 12.1 Å². The van der Waals surface area contributed by atoms with Gasteiger partial charge in [0, 0.05) is 22.8 Å². The second-order valence-electron chi connectivity index (χ2n) is 8.48. The standard InChI is InChI=1S/C23H34N10S2/c1-16-14-27-21(32-22(29-16)25-9-7-18-5-3-11-34-18)28-15-33(10-8-19-6-4-12-35-19)23-30-17(2)13-26-20(24)31-23/h3-6,11-12,16-17H,7-10,13-15H2,1-2H3,(H3,24,26,30,31)(H3,25,27,28,29,32). The average molecular weight is 515 g/mol. The zero-order chi connectivity index (χ0) is 24.5. The summed E-state index contributed by atoms with van der Waals surface area (Å²) in [6, 6.07) is 8.60. The van der Waals surface area contributed by atoms with Crippen LogP contribution in [0.3, 0.4) is 0 Å². The molecule has 2 aromatic heterocycles. The van der Waals surface area contributed by atoms with Gasteiger partial charge in [0.1, 0.15) is 0 Å². The van der Waals surface area contributed by atoms with Crippen LogP contribution in [0, 0.1) is 0 Å². The summed E-state index contributed by atoms with van der Waals surface area (Å²) in [5, 5.41) is 17.6. The fourth-order valence-electron chi connectivity index (χ4n) is 3.57. The van der Waals surface area contributed by atoms with Gasteiger partial charge in [0.05, 0.1) is 31.8 Å². The minimum absolute atomic E-state index is 0.0447. The zero-order valence-electron chi connectivity index (χ0n) is 20.2. The number of aliphatic imine (C=N–C) groups is 4. The molecule has 0 aromatic carbocycles. The molecule has 4 heterocycles. The highest BCUT2D eigenvalue weighted by Gasteiger charge is 2.19. The molecule has 0 fully saturated rings. The maximum atomic E-state index is 6.04. The topological polar surface area (TPSA) is 127 Å². The largest absolute Gasteiger partial charge is 0.370 e. The van der Waals surface area contributed by atoms with Crippen molar-refractivity contribution in [3.05, 3.63) is 44.8 Å². The first-order valence-electron chi connectivity index (χ1n) is 11.9. The molecule has 188 valence electrons. The minimum Gasteiger partial charge on any atom is -0.370 e. The SMILES string of the molecule is CC1CN=C(NCN(CCc2cccs2)C2=NC(C)CN=C(N)N2)NC(NCCc2cccs2)=N1. The molecule has 0 radical (unpaired) electrons. The van der Waals surface area contributed by atoms with Crippen LogP contribution >= 0.6 is 22.7 Å². The quantitative estimate of drug-likeness (QED) is 0.339. The van der Waals surface area contributed by atoms with Gasteiger partial charge in [-0.2, -0.15) is 0 Å². The van der Waals surface area contributed by atoms with Crippen LogP contribution in [0.15, 0.2) is 55.0 Å². The number of thiophene rings is 2. The molecule has 0 spiro atoms. The second-order valence-corrected chi connectivity index (χ2v) is 10.5. The number of hydrogen-bond donors (Lipinski definition) is 5. The number of guanidine groups is 4. The van der Waals surface area contributed by atoms with Crippen LogP contribution in [-0.2, 0) is 12.8 Å². The van der Waals surface area contributed by atoms with Gasteiger partial charge >= 0.3 is 0 Å². The summed E-state index contributed by atoms with van der Waals surface area (Å²) >= 11 is 3.53. The summed E-state index contributed by atoms with van der Waals surface area (Å²) in [6.45, 7) is 7.35. The third-order valence-electron chi connectivity index (χ3n) is 5.40. The van der Waals surface area contributed by atoms with Crippen LogP contribution in [0.4, 0.5) is 0 Å². The molecule has 4 rings (SSSR count). The van der Waals surface area contributed by atoms with E-state index in [1.54, 1.807) is 22.7 Å². The lowest BCUT2D eigenvalue weighted by molar-refractivity contribution is 0.402. The predicted molar refractivity (Wildman–Crippen MR) is 148 cm³/mol. The highest BCUT2D eigenvalue weighted by molar-refractivity contribution is 7.10. The van der Waals surface area contributed by atoms with Crippen molar-refractivity contribution in [2.24, 2.45) is 25.7 Å². The summed E-state index contributed by atoms with van der Waals surface area (Å²) in [6.07, 6.45) is 1.86. The smallest absolute Gasteiger partial charge is 0.202 e. The third kappa shape index (κ3) is 7.96. The van der Waals surface area contributed by atoms with Gasteiger partial charge in [-0.15, -0.1) is 22.7 Å². The molecule has 0 saturated carbocycles. The summed E-state index contributed by atoms with van der Waals surface area (Å²) in [7, 11) is 0. The molecule has 10 nitrogen and oxygen atoms in total. The molecule has 6 N–H and O–H groups in total. The summed E-state index contributed by atoms with van der Waals surface area (Å²) in [5.74, 6) is 2.52. The Morgan fingerprint density at radius 2 is 1.66 bits per heavy atom. The molecule has 0 amide bonds. The van der Waals surface area contributed by atoms with Crippen molar-refractivity contribution in [2.75, 3.05) is 32.8 Å². The van der Waals surface area contributed by atoms with Gasteiger partial charge in [0.2, 0.25) is 5.96 Å².